The van der Waals surface area contributed by atoms with Gasteiger partial charge in [0.05, 0.1) is 19.1 Å². The van der Waals surface area contributed by atoms with E-state index in [9.17, 15) is 14.0 Å². The number of hydrogen-bond donors (Lipinski definition) is 0. The SMILES string of the molecule is COc1ccc(CN2C(=O)CC3(CCCCC3)C2=O)cc1F. The summed E-state index contributed by atoms with van der Waals surface area (Å²) >= 11 is 0. The molecule has 118 valence electrons. The summed E-state index contributed by atoms with van der Waals surface area (Å²) < 4.78 is 18.6. The number of halogens is 1. The third-order valence-corrected chi connectivity index (χ3v) is 4.86. The Kier molecular flexibility index (Phi) is 3.89. The molecule has 1 heterocycles. The van der Waals surface area contributed by atoms with Gasteiger partial charge in [-0.3, -0.25) is 14.5 Å². The molecule has 4 nitrogen and oxygen atoms in total. The molecule has 0 unspecified atom stereocenters. The maximum Gasteiger partial charge on any atom is 0.236 e. The number of nitrogens with zero attached hydrogens (tertiary/aromatic N) is 1. The number of benzene rings is 1. The van der Waals surface area contributed by atoms with Crippen molar-refractivity contribution in [3.05, 3.63) is 29.6 Å². The van der Waals surface area contributed by atoms with E-state index in [1.54, 1.807) is 6.07 Å². The molecule has 0 bridgehead atoms. The van der Waals surface area contributed by atoms with E-state index in [1.165, 1.54) is 24.1 Å². The topological polar surface area (TPSA) is 46.6 Å². The summed E-state index contributed by atoms with van der Waals surface area (Å²) in [5.41, 5.74) is 0.119. The fourth-order valence-electron chi connectivity index (χ4n) is 3.63. The molecule has 1 aromatic rings. The first-order valence-corrected chi connectivity index (χ1v) is 7.73. The first-order chi connectivity index (χ1) is 10.6. The lowest BCUT2D eigenvalue weighted by atomic mass is 9.73. The zero-order valence-electron chi connectivity index (χ0n) is 12.7. The number of amides is 2. The number of rotatable bonds is 3. The second-order valence-electron chi connectivity index (χ2n) is 6.27. The standard InChI is InChI=1S/C17H20FNO3/c1-22-14-6-5-12(9-13(14)18)11-19-15(20)10-17(16(19)21)7-3-2-4-8-17/h5-6,9H,2-4,7-8,10-11H2,1H3. The first-order valence-electron chi connectivity index (χ1n) is 7.73. The van der Waals surface area contributed by atoms with Gasteiger partial charge < -0.3 is 4.74 Å². The monoisotopic (exact) mass is 305 g/mol. The highest BCUT2D eigenvalue weighted by molar-refractivity contribution is 6.05. The minimum absolute atomic E-state index is 0.0755. The van der Waals surface area contributed by atoms with Gasteiger partial charge in [-0.15, -0.1) is 0 Å². The maximum absolute atomic E-state index is 13.8. The van der Waals surface area contributed by atoms with Crippen LogP contribution in [-0.2, 0) is 16.1 Å². The summed E-state index contributed by atoms with van der Waals surface area (Å²) in [7, 11) is 1.40. The molecule has 22 heavy (non-hydrogen) atoms. The first kappa shape index (κ1) is 15.0. The number of carbonyl (C=O) groups excluding carboxylic acids is 2. The fourth-order valence-corrected chi connectivity index (χ4v) is 3.63. The Labute approximate surface area is 129 Å². The van der Waals surface area contributed by atoms with E-state index >= 15 is 0 Å². The molecule has 3 rings (SSSR count). The highest BCUT2D eigenvalue weighted by atomic mass is 19.1. The predicted octanol–water partition coefficient (Wildman–Crippen LogP) is 3.04. The van der Waals surface area contributed by atoms with E-state index < -0.39 is 11.2 Å². The van der Waals surface area contributed by atoms with E-state index in [0.717, 1.165) is 32.1 Å². The summed E-state index contributed by atoms with van der Waals surface area (Å²) in [6, 6.07) is 4.53. The molecule has 1 saturated heterocycles. The van der Waals surface area contributed by atoms with Crippen LogP contribution in [0.1, 0.15) is 44.1 Å². The normalized spacial score (nSPS) is 20.7. The molecular weight excluding hydrogens is 285 g/mol. The van der Waals surface area contributed by atoms with Crippen LogP contribution in [0, 0.1) is 11.2 Å². The number of likely N-dealkylation sites (tertiary alicyclic amines) is 1. The number of carbonyl (C=O) groups is 2. The Bertz CT molecular complexity index is 608. The van der Waals surface area contributed by atoms with E-state index in [4.69, 9.17) is 4.74 Å². The second kappa shape index (κ2) is 5.71. The molecule has 2 fully saturated rings. The molecule has 0 radical (unpaired) electrons. The Balaban J connectivity index is 1.79. The van der Waals surface area contributed by atoms with Crippen molar-refractivity contribution in [2.45, 2.75) is 45.1 Å². The fraction of sp³-hybridized carbons (Fsp3) is 0.529. The van der Waals surface area contributed by atoms with Gasteiger partial charge in [-0.25, -0.2) is 4.39 Å². The van der Waals surface area contributed by atoms with Gasteiger partial charge in [0, 0.05) is 6.42 Å². The highest BCUT2D eigenvalue weighted by Crippen LogP contribution is 2.45. The third-order valence-electron chi connectivity index (χ3n) is 4.86. The van der Waals surface area contributed by atoms with Crippen molar-refractivity contribution in [3.63, 3.8) is 0 Å². The molecule has 1 aliphatic heterocycles. The van der Waals surface area contributed by atoms with Crippen molar-refractivity contribution < 1.29 is 18.7 Å². The Morgan fingerprint density at radius 3 is 2.59 bits per heavy atom. The number of methoxy groups -OCH3 is 1. The number of hydrogen-bond acceptors (Lipinski definition) is 3. The summed E-state index contributed by atoms with van der Waals surface area (Å²) in [6.07, 6.45) is 5.04. The quantitative estimate of drug-likeness (QED) is 0.806. The summed E-state index contributed by atoms with van der Waals surface area (Å²) in [4.78, 5) is 26.2. The zero-order valence-corrected chi connectivity index (χ0v) is 12.7. The van der Waals surface area contributed by atoms with E-state index in [-0.39, 0.29) is 24.1 Å². The molecule has 0 N–H and O–H groups in total. The van der Waals surface area contributed by atoms with Gasteiger partial charge in [-0.05, 0) is 30.5 Å². The maximum atomic E-state index is 13.8. The highest BCUT2D eigenvalue weighted by Gasteiger charge is 2.51. The number of imide groups is 1. The van der Waals surface area contributed by atoms with Crippen molar-refractivity contribution in [3.8, 4) is 5.75 Å². The molecule has 1 aliphatic carbocycles. The molecule has 2 amide bonds. The Hall–Kier alpha value is -1.91. The molecule has 0 aromatic heterocycles. The van der Waals surface area contributed by atoms with Crippen LogP contribution < -0.4 is 4.74 Å². The van der Waals surface area contributed by atoms with Crippen LogP contribution in [-0.4, -0.2) is 23.8 Å². The Morgan fingerprint density at radius 1 is 1.23 bits per heavy atom. The van der Waals surface area contributed by atoms with Crippen LogP contribution >= 0.6 is 0 Å². The number of ether oxygens (including phenoxy) is 1. The lowest BCUT2D eigenvalue weighted by molar-refractivity contribution is -0.142. The van der Waals surface area contributed by atoms with Gasteiger partial charge in [0.1, 0.15) is 0 Å². The Morgan fingerprint density at radius 2 is 1.95 bits per heavy atom. The lowest BCUT2D eigenvalue weighted by Gasteiger charge is -2.30. The molecule has 5 heteroatoms. The summed E-state index contributed by atoms with van der Waals surface area (Å²) in [5, 5.41) is 0. The third kappa shape index (κ3) is 2.49. The van der Waals surface area contributed by atoms with E-state index in [1.807, 2.05) is 0 Å². The van der Waals surface area contributed by atoms with Gasteiger partial charge in [-0.1, -0.05) is 25.3 Å². The largest absolute Gasteiger partial charge is 0.494 e. The van der Waals surface area contributed by atoms with Crippen LogP contribution in [0.25, 0.3) is 0 Å². The van der Waals surface area contributed by atoms with Crippen molar-refractivity contribution in [1.29, 1.82) is 0 Å². The van der Waals surface area contributed by atoms with Crippen molar-refractivity contribution in [1.82, 2.24) is 4.90 Å². The molecule has 1 aromatic carbocycles. The van der Waals surface area contributed by atoms with Crippen molar-refractivity contribution in [2.75, 3.05) is 7.11 Å². The van der Waals surface area contributed by atoms with Gasteiger partial charge >= 0.3 is 0 Å². The van der Waals surface area contributed by atoms with E-state index in [0.29, 0.717) is 12.0 Å². The van der Waals surface area contributed by atoms with Crippen molar-refractivity contribution >= 4 is 11.8 Å². The summed E-state index contributed by atoms with van der Waals surface area (Å²) in [6.45, 7) is 0.139. The molecule has 1 spiro atoms. The minimum Gasteiger partial charge on any atom is -0.494 e. The van der Waals surface area contributed by atoms with Gasteiger partial charge in [0.2, 0.25) is 11.8 Å². The molecule has 0 atom stereocenters. The van der Waals surface area contributed by atoms with E-state index in [2.05, 4.69) is 0 Å². The van der Waals surface area contributed by atoms with Gasteiger partial charge in [-0.2, -0.15) is 0 Å². The minimum atomic E-state index is -0.486. The van der Waals surface area contributed by atoms with Gasteiger partial charge in [0.25, 0.3) is 0 Å². The van der Waals surface area contributed by atoms with Crippen LogP contribution in [0.5, 0.6) is 5.75 Å². The second-order valence-corrected chi connectivity index (χ2v) is 6.27. The predicted molar refractivity (Wildman–Crippen MR) is 78.6 cm³/mol. The smallest absolute Gasteiger partial charge is 0.236 e. The summed E-state index contributed by atoms with van der Waals surface area (Å²) in [5.74, 6) is -0.533. The van der Waals surface area contributed by atoms with Gasteiger partial charge in [0.15, 0.2) is 11.6 Å². The van der Waals surface area contributed by atoms with Crippen LogP contribution in [0.3, 0.4) is 0 Å². The zero-order chi connectivity index (χ0) is 15.7. The molecule has 2 aliphatic rings. The lowest BCUT2D eigenvalue weighted by Crippen LogP contribution is -2.36. The average Bonchev–Trinajstić information content (AvgIpc) is 2.73. The average molecular weight is 305 g/mol. The molecule has 1 saturated carbocycles. The molecular formula is C17H20FNO3. The van der Waals surface area contributed by atoms with Crippen molar-refractivity contribution in [2.24, 2.45) is 5.41 Å². The van der Waals surface area contributed by atoms with Crippen LogP contribution in [0.15, 0.2) is 18.2 Å². The van der Waals surface area contributed by atoms with Crippen LogP contribution in [0.2, 0.25) is 0 Å². The van der Waals surface area contributed by atoms with Crippen LogP contribution in [0.4, 0.5) is 4.39 Å².